The minimum Gasteiger partial charge on any atom is -0.368 e. The zero-order chi connectivity index (χ0) is 9.14. The maximum absolute atomic E-state index is 10.7. The Labute approximate surface area is 70.7 Å². The van der Waals surface area contributed by atoms with E-state index in [4.69, 9.17) is 5.73 Å². The van der Waals surface area contributed by atoms with Gasteiger partial charge in [-0.3, -0.25) is 9.19 Å². The lowest BCUT2D eigenvalue weighted by Crippen LogP contribution is -2.18. The van der Waals surface area contributed by atoms with Gasteiger partial charge >= 0.3 is 5.69 Å². The third-order valence-electron chi connectivity index (χ3n) is 1.06. The average molecular weight is 188 g/mol. The molecule has 0 spiro atoms. The van der Waals surface area contributed by atoms with Crippen LogP contribution in [0.1, 0.15) is 5.82 Å². The van der Waals surface area contributed by atoms with Crippen molar-refractivity contribution in [1.82, 2.24) is 15.0 Å². The average Bonchev–Trinajstić information content (AvgIpc) is 1.81. The number of hydrogen-bond donors (Lipinski definition) is 2. The Balaban J connectivity index is 3.01. The standard InChI is InChI=1S/C5H8N4O2S/c1-12(11)2-3-7-4(6)9-5(10)8-3/h2H2,1H3,(H3,6,7,8,9,10). The van der Waals surface area contributed by atoms with Gasteiger partial charge in [-0.1, -0.05) is 0 Å². The molecule has 0 radical (unpaired) electrons. The molecule has 0 aliphatic carbocycles. The van der Waals surface area contributed by atoms with Crippen LogP contribution in [0.5, 0.6) is 0 Å². The number of nitrogen functional groups attached to an aromatic ring is 1. The number of nitrogens with one attached hydrogen (secondary N) is 1. The molecule has 0 fully saturated rings. The summed E-state index contributed by atoms with van der Waals surface area (Å²) in [4.78, 5) is 20.0. The molecular weight excluding hydrogens is 180 g/mol. The summed E-state index contributed by atoms with van der Waals surface area (Å²) in [5, 5.41) is 0. The fraction of sp³-hybridized carbons (Fsp3) is 0.400. The van der Waals surface area contributed by atoms with Gasteiger partial charge in [0.2, 0.25) is 5.95 Å². The van der Waals surface area contributed by atoms with E-state index in [0.717, 1.165) is 0 Å². The highest BCUT2D eigenvalue weighted by Gasteiger charge is 2.00. The van der Waals surface area contributed by atoms with Gasteiger partial charge < -0.3 is 5.73 Å². The van der Waals surface area contributed by atoms with Crippen LogP contribution in [0.15, 0.2) is 4.79 Å². The topological polar surface area (TPSA) is 102 Å². The molecule has 12 heavy (non-hydrogen) atoms. The number of nitrogens with two attached hydrogens (primary N) is 1. The fourth-order valence-electron chi connectivity index (χ4n) is 0.708. The highest BCUT2D eigenvalue weighted by atomic mass is 32.2. The lowest BCUT2D eigenvalue weighted by Gasteiger charge is -1.96. The van der Waals surface area contributed by atoms with E-state index in [1.165, 1.54) is 6.26 Å². The van der Waals surface area contributed by atoms with Gasteiger partial charge in [0.1, 0.15) is 5.82 Å². The van der Waals surface area contributed by atoms with Crippen molar-refractivity contribution >= 4 is 16.7 Å². The molecule has 0 aliphatic heterocycles. The zero-order valence-corrected chi connectivity index (χ0v) is 7.22. The molecule has 0 amide bonds. The Morgan fingerprint density at radius 2 is 2.25 bits per heavy atom. The molecule has 1 unspecified atom stereocenters. The molecule has 0 aliphatic rings. The van der Waals surface area contributed by atoms with E-state index in [9.17, 15) is 9.00 Å². The van der Waals surface area contributed by atoms with Crippen LogP contribution in [0.4, 0.5) is 5.95 Å². The van der Waals surface area contributed by atoms with E-state index in [0.29, 0.717) is 5.82 Å². The van der Waals surface area contributed by atoms with Gasteiger partial charge in [0, 0.05) is 17.1 Å². The van der Waals surface area contributed by atoms with Crippen molar-refractivity contribution in [2.75, 3.05) is 12.0 Å². The number of anilines is 1. The first-order valence-electron chi connectivity index (χ1n) is 3.10. The van der Waals surface area contributed by atoms with Gasteiger partial charge in [-0.15, -0.1) is 0 Å². The predicted molar refractivity (Wildman–Crippen MR) is 44.8 cm³/mol. The lowest BCUT2D eigenvalue weighted by molar-refractivity contribution is 0.684. The van der Waals surface area contributed by atoms with Gasteiger partial charge in [-0.25, -0.2) is 4.79 Å². The predicted octanol–water partition coefficient (Wildman–Crippen LogP) is -1.37. The largest absolute Gasteiger partial charge is 0.368 e. The summed E-state index contributed by atoms with van der Waals surface area (Å²) in [7, 11) is -1.05. The minimum absolute atomic E-state index is 0.0980. The number of rotatable bonds is 2. The quantitative estimate of drug-likeness (QED) is 0.596. The fourth-order valence-corrected chi connectivity index (χ4v) is 1.23. The first kappa shape index (κ1) is 8.85. The van der Waals surface area contributed by atoms with Crippen LogP contribution in [0, 0.1) is 0 Å². The van der Waals surface area contributed by atoms with E-state index in [-0.39, 0.29) is 11.7 Å². The monoisotopic (exact) mass is 188 g/mol. The molecule has 0 saturated heterocycles. The molecule has 1 aromatic heterocycles. The van der Waals surface area contributed by atoms with Gasteiger partial charge in [0.05, 0.1) is 5.75 Å². The van der Waals surface area contributed by atoms with Crippen LogP contribution in [0.2, 0.25) is 0 Å². The molecular formula is C5H8N4O2S. The second-order valence-corrected chi connectivity index (χ2v) is 3.61. The molecule has 6 nitrogen and oxygen atoms in total. The van der Waals surface area contributed by atoms with E-state index in [1.54, 1.807) is 0 Å². The normalized spacial score (nSPS) is 12.8. The zero-order valence-electron chi connectivity index (χ0n) is 6.40. The first-order valence-corrected chi connectivity index (χ1v) is 4.83. The van der Waals surface area contributed by atoms with Crippen LogP contribution in [-0.2, 0) is 16.6 Å². The van der Waals surface area contributed by atoms with Crippen molar-refractivity contribution in [3.8, 4) is 0 Å². The van der Waals surface area contributed by atoms with Crippen molar-refractivity contribution in [3.63, 3.8) is 0 Å². The van der Waals surface area contributed by atoms with E-state index in [2.05, 4.69) is 15.0 Å². The lowest BCUT2D eigenvalue weighted by atomic mass is 10.7. The van der Waals surface area contributed by atoms with Crippen LogP contribution < -0.4 is 11.4 Å². The first-order chi connectivity index (χ1) is 5.58. The SMILES string of the molecule is CS(=O)Cc1nc(N)nc(=O)[nH]1. The number of aromatic amines is 1. The van der Waals surface area contributed by atoms with Crippen LogP contribution in [-0.4, -0.2) is 25.4 Å². The smallest absolute Gasteiger partial charge is 0.349 e. The Morgan fingerprint density at radius 1 is 1.58 bits per heavy atom. The molecule has 3 N–H and O–H groups in total. The second-order valence-electron chi connectivity index (χ2n) is 2.18. The van der Waals surface area contributed by atoms with Crippen LogP contribution in [0.3, 0.4) is 0 Å². The van der Waals surface area contributed by atoms with E-state index < -0.39 is 16.5 Å². The molecule has 66 valence electrons. The summed E-state index contributed by atoms with van der Waals surface area (Å²) in [6, 6.07) is 0. The molecule has 7 heteroatoms. The Kier molecular flexibility index (Phi) is 2.54. The highest BCUT2D eigenvalue weighted by molar-refractivity contribution is 7.83. The highest BCUT2D eigenvalue weighted by Crippen LogP contribution is 1.92. The van der Waals surface area contributed by atoms with Crippen molar-refractivity contribution < 1.29 is 4.21 Å². The van der Waals surface area contributed by atoms with Crippen LogP contribution >= 0.6 is 0 Å². The summed E-state index contributed by atoms with van der Waals surface area (Å²) in [5.41, 5.74) is 4.63. The van der Waals surface area contributed by atoms with Crippen molar-refractivity contribution in [3.05, 3.63) is 16.3 Å². The summed E-state index contributed by atoms with van der Waals surface area (Å²) in [6.45, 7) is 0. The minimum atomic E-state index is -1.05. The van der Waals surface area contributed by atoms with Crippen molar-refractivity contribution in [2.45, 2.75) is 5.75 Å². The molecule has 1 rings (SSSR count). The van der Waals surface area contributed by atoms with Crippen LogP contribution in [0.25, 0.3) is 0 Å². The van der Waals surface area contributed by atoms with Gasteiger partial charge in [0.15, 0.2) is 0 Å². The van der Waals surface area contributed by atoms with Crippen molar-refractivity contribution in [1.29, 1.82) is 0 Å². The summed E-state index contributed by atoms with van der Waals surface area (Å²) < 4.78 is 10.7. The molecule has 1 heterocycles. The van der Waals surface area contributed by atoms with Gasteiger partial charge in [-0.2, -0.15) is 9.97 Å². The summed E-state index contributed by atoms with van der Waals surface area (Å²) >= 11 is 0. The summed E-state index contributed by atoms with van der Waals surface area (Å²) in [6.07, 6.45) is 1.51. The maximum atomic E-state index is 10.7. The Hall–Kier alpha value is -1.24. The molecule has 0 bridgehead atoms. The molecule has 0 aromatic carbocycles. The van der Waals surface area contributed by atoms with Crippen molar-refractivity contribution in [2.24, 2.45) is 0 Å². The number of aromatic nitrogens is 3. The third kappa shape index (κ3) is 2.42. The molecule has 1 aromatic rings. The van der Waals surface area contributed by atoms with Gasteiger partial charge in [-0.05, 0) is 0 Å². The Morgan fingerprint density at radius 3 is 2.75 bits per heavy atom. The maximum Gasteiger partial charge on any atom is 0.349 e. The Bertz CT molecular complexity index is 361. The second kappa shape index (κ2) is 3.44. The molecule has 0 saturated carbocycles. The van der Waals surface area contributed by atoms with E-state index in [1.807, 2.05) is 0 Å². The van der Waals surface area contributed by atoms with E-state index >= 15 is 0 Å². The molecule has 1 atom stereocenters. The number of nitrogens with zero attached hydrogens (tertiary/aromatic N) is 2. The number of hydrogen-bond acceptors (Lipinski definition) is 5. The number of H-pyrrole nitrogens is 1. The summed E-state index contributed by atoms with van der Waals surface area (Å²) in [5.74, 6) is 0.384. The van der Waals surface area contributed by atoms with Gasteiger partial charge in [0.25, 0.3) is 0 Å². The third-order valence-corrected chi connectivity index (χ3v) is 1.74.